The van der Waals surface area contributed by atoms with Gasteiger partial charge in [-0.05, 0) is 44.9 Å². The molecule has 0 aromatic rings. The standard InChI is InChI=1S/C55H109N2O6P/c1-6-8-10-12-14-16-18-20-22-24-26-27-28-29-30-31-32-34-36-38-40-42-44-46-48-54(58)53(52-63-64(60,61)62-51-50-57(3,4)5)56-55(59)49-47-45-43-41-39-37-35-33-25-23-21-19-17-15-13-11-9-7-2/h23,25,46,48,53-54,58H,6-22,24,26-45,47,49-52H2,1-5H3,(H-,56,59,60,61)/b25-23-,48-46+. The highest BCUT2D eigenvalue weighted by Crippen LogP contribution is 2.38. The molecule has 0 rings (SSSR count). The molecule has 3 atom stereocenters. The third kappa shape index (κ3) is 48.9. The van der Waals surface area contributed by atoms with E-state index in [1.54, 1.807) is 6.08 Å². The number of allylic oxidation sites excluding steroid dienone is 3. The number of rotatable bonds is 51. The molecule has 0 aliphatic carbocycles. The van der Waals surface area contributed by atoms with E-state index >= 15 is 0 Å². The fourth-order valence-corrected chi connectivity index (χ4v) is 8.99. The van der Waals surface area contributed by atoms with Crippen LogP contribution in [-0.2, 0) is 18.4 Å². The van der Waals surface area contributed by atoms with Crippen molar-refractivity contribution in [1.29, 1.82) is 0 Å². The largest absolute Gasteiger partial charge is 0.756 e. The first-order valence-corrected chi connectivity index (χ1v) is 29.2. The van der Waals surface area contributed by atoms with Crippen LogP contribution < -0.4 is 10.2 Å². The number of nitrogens with one attached hydrogen (secondary N) is 1. The molecule has 0 spiro atoms. The van der Waals surface area contributed by atoms with E-state index in [-0.39, 0.29) is 19.1 Å². The minimum Gasteiger partial charge on any atom is -0.756 e. The van der Waals surface area contributed by atoms with E-state index in [4.69, 9.17) is 9.05 Å². The minimum atomic E-state index is -4.59. The summed E-state index contributed by atoms with van der Waals surface area (Å²) in [4.78, 5) is 25.4. The molecule has 0 radical (unpaired) electrons. The second-order valence-electron chi connectivity index (χ2n) is 20.3. The van der Waals surface area contributed by atoms with Crippen LogP contribution in [0.3, 0.4) is 0 Å². The topological polar surface area (TPSA) is 108 Å². The van der Waals surface area contributed by atoms with Crippen molar-refractivity contribution in [3.63, 3.8) is 0 Å². The van der Waals surface area contributed by atoms with Gasteiger partial charge in [0.25, 0.3) is 7.82 Å². The maximum Gasteiger partial charge on any atom is 0.268 e. The van der Waals surface area contributed by atoms with Crippen LogP contribution in [0.5, 0.6) is 0 Å². The Hall–Kier alpha value is -1.02. The normalized spacial score (nSPS) is 14.2. The van der Waals surface area contributed by atoms with E-state index in [2.05, 4.69) is 31.3 Å². The molecule has 64 heavy (non-hydrogen) atoms. The Balaban J connectivity index is 4.23. The van der Waals surface area contributed by atoms with Crippen molar-refractivity contribution in [3.05, 3.63) is 24.3 Å². The van der Waals surface area contributed by atoms with Gasteiger partial charge in [0.2, 0.25) is 5.91 Å². The van der Waals surface area contributed by atoms with Crippen molar-refractivity contribution in [2.75, 3.05) is 40.9 Å². The maximum absolute atomic E-state index is 12.9. The first-order valence-electron chi connectivity index (χ1n) is 27.7. The Morgan fingerprint density at radius 2 is 0.859 bits per heavy atom. The van der Waals surface area contributed by atoms with Crippen LogP contribution in [0.25, 0.3) is 0 Å². The third-order valence-electron chi connectivity index (χ3n) is 12.7. The number of hydrogen-bond acceptors (Lipinski definition) is 6. The third-order valence-corrected chi connectivity index (χ3v) is 13.6. The van der Waals surface area contributed by atoms with E-state index < -0.39 is 20.0 Å². The molecule has 3 unspecified atom stereocenters. The average molecular weight is 925 g/mol. The zero-order valence-electron chi connectivity index (χ0n) is 43.3. The van der Waals surface area contributed by atoms with Gasteiger partial charge >= 0.3 is 0 Å². The number of aliphatic hydroxyl groups excluding tert-OH is 1. The molecule has 0 aromatic heterocycles. The summed E-state index contributed by atoms with van der Waals surface area (Å²) in [6.45, 7) is 4.68. The number of amides is 1. The number of unbranched alkanes of at least 4 members (excludes halogenated alkanes) is 36. The van der Waals surface area contributed by atoms with E-state index in [1.807, 2.05) is 27.2 Å². The fraction of sp³-hybridized carbons (Fsp3) is 0.909. The number of carbonyl (C=O) groups is 1. The van der Waals surface area contributed by atoms with Gasteiger partial charge in [-0.15, -0.1) is 0 Å². The summed E-state index contributed by atoms with van der Waals surface area (Å²) in [5, 5.41) is 13.9. The van der Waals surface area contributed by atoms with Gasteiger partial charge in [0.15, 0.2) is 0 Å². The monoisotopic (exact) mass is 925 g/mol. The van der Waals surface area contributed by atoms with Crippen LogP contribution in [0.2, 0.25) is 0 Å². The smallest absolute Gasteiger partial charge is 0.268 e. The number of phosphoric acid groups is 1. The Bertz CT molecular complexity index is 1090. The molecular formula is C55H109N2O6P. The van der Waals surface area contributed by atoms with Crippen LogP contribution in [0.15, 0.2) is 24.3 Å². The Morgan fingerprint density at radius 1 is 0.531 bits per heavy atom. The summed E-state index contributed by atoms with van der Waals surface area (Å²) in [5.74, 6) is -0.199. The van der Waals surface area contributed by atoms with E-state index in [0.717, 1.165) is 38.5 Å². The van der Waals surface area contributed by atoms with E-state index in [0.29, 0.717) is 17.4 Å². The molecular weight excluding hydrogens is 816 g/mol. The van der Waals surface area contributed by atoms with Crippen molar-refractivity contribution in [2.24, 2.45) is 0 Å². The highest BCUT2D eigenvalue weighted by atomic mass is 31.2. The van der Waals surface area contributed by atoms with Crippen molar-refractivity contribution in [3.8, 4) is 0 Å². The zero-order valence-corrected chi connectivity index (χ0v) is 44.1. The summed E-state index contributed by atoms with van der Waals surface area (Å²) in [6.07, 6.45) is 58.1. The number of likely N-dealkylation sites (N-methyl/N-ethyl adjacent to an activating group) is 1. The lowest BCUT2D eigenvalue weighted by molar-refractivity contribution is -0.870. The van der Waals surface area contributed by atoms with Crippen LogP contribution in [0.1, 0.15) is 271 Å². The van der Waals surface area contributed by atoms with Crippen LogP contribution in [0, 0.1) is 0 Å². The lowest BCUT2D eigenvalue weighted by Crippen LogP contribution is -2.45. The predicted molar refractivity (Wildman–Crippen MR) is 275 cm³/mol. The molecule has 0 saturated carbocycles. The van der Waals surface area contributed by atoms with Crippen molar-refractivity contribution in [1.82, 2.24) is 5.32 Å². The molecule has 380 valence electrons. The van der Waals surface area contributed by atoms with Gasteiger partial charge in [0.1, 0.15) is 13.2 Å². The molecule has 0 fully saturated rings. The first-order chi connectivity index (χ1) is 31.0. The number of nitrogens with zero attached hydrogens (tertiary/aromatic N) is 1. The Kier molecular flexibility index (Phi) is 46.3. The summed E-state index contributed by atoms with van der Waals surface area (Å²) in [5.41, 5.74) is 0. The second kappa shape index (κ2) is 47.1. The van der Waals surface area contributed by atoms with Gasteiger partial charge in [-0.2, -0.15) is 0 Å². The molecule has 0 bridgehead atoms. The molecule has 0 aliphatic rings. The average Bonchev–Trinajstić information content (AvgIpc) is 3.25. The number of carbonyl (C=O) groups excluding carboxylic acids is 1. The second-order valence-corrected chi connectivity index (χ2v) is 21.7. The molecule has 0 aromatic carbocycles. The highest BCUT2D eigenvalue weighted by Gasteiger charge is 2.23. The molecule has 0 heterocycles. The molecule has 8 nitrogen and oxygen atoms in total. The lowest BCUT2D eigenvalue weighted by atomic mass is 10.0. The summed E-state index contributed by atoms with van der Waals surface area (Å²) < 4.78 is 23.3. The first kappa shape index (κ1) is 63.0. The van der Waals surface area contributed by atoms with Crippen LogP contribution in [0.4, 0.5) is 0 Å². The molecule has 0 aliphatic heterocycles. The van der Waals surface area contributed by atoms with Crippen molar-refractivity contribution >= 4 is 13.7 Å². The van der Waals surface area contributed by atoms with Gasteiger partial charge in [0.05, 0.1) is 39.9 Å². The van der Waals surface area contributed by atoms with E-state index in [9.17, 15) is 19.4 Å². The van der Waals surface area contributed by atoms with Gasteiger partial charge < -0.3 is 28.8 Å². The minimum absolute atomic E-state index is 0.000295. The number of aliphatic hydroxyl groups is 1. The molecule has 0 saturated heterocycles. The van der Waals surface area contributed by atoms with Crippen LogP contribution in [-0.4, -0.2) is 68.5 Å². The van der Waals surface area contributed by atoms with Gasteiger partial charge in [-0.25, -0.2) is 0 Å². The van der Waals surface area contributed by atoms with Crippen LogP contribution >= 0.6 is 7.82 Å². The van der Waals surface area contributed by atoms with Gasteiger partial charge in [-0.3, -0.25) is 9.36 Å². The van der Waals surface area contributed by atoms with Crippen molar-refractivity contribution < 1.29 is 32.9 Å². The fourth-order valence-electron chi connectivity index (χ4n) is 8.27. The number of quaternary nitrogens is 1. The highest BCUT2D eigenvalue weighted by molar-refractivity contribution is 7.45. The summed E-state index contributed by atoms with van der Waals surface area (Å²) in [7, 11) is 1.27. The molecule has 1 amide bonds. The number of hydrogen-bond donors (Lipinski definition) is 2. The maximum atomic E-state index is 12.9. The summed E-state index contributed by atoms with van der Waals surface area (Å²) >= 11 is 0. The van der Waals surface area contributed by atoms with Crippen molar-refractivity contribution in [2.45, 2.75) is 283 Å². The lowest BCUT2D eigenvalue weighted by Gasteiger charge is -2.29. The zero-order chi connectivity index (χ0) is 47.1. The Morgan fingerprint density at radius 3 is 1.22 bits per heavy atom. The quantitative estimate of drug-likeness (QED) is 0.0272. The van der Waals surface area contributed by atoms with E-state index in [1.165, 1.54) is 212 Å². The molecule has 9 heteroatoms. The predicted octanol–water partition coefficient (Wildman–Crippen LogP) is 15.8. The number of phosphoric ester groups is 1. The SMILES string of the molecule is CCCCCCCCC/C=C\CCCCCCCCCC(=O)NC(COP(=O)([O-])OCC[N+](C)(C)C)C(O)/C=C/CCCCCCCCCCCCCCCCCCCCCCCC. The van der Waals surface area contributed by atoms with Gasteiger partial charge in [0, 0.05) is 6.42 Å². The van der Waals surface area contributed by atoms with Gasteiger partial charge in [-0.1, -0.05) is 244 Å². The Labute approximate surface area is 398 Å². The molecule has 2 N–H and O–H groups in total. The summed E-state index contributed by atoms with van der Waals surface area (Å²) in [6, 6.07) is -0.887.